The van der Waals surface area contributed by atoms with E-state index in [-0.39, 0.29) is 6.04 Å². The van der Waals surface area contributed by atoms with Gasteiger partial charge in [-0.05, 0) is 13.3 Å². The van der Waals surface area contributed by atoms with Crippen LogP contribution >= 0.6 is 0 Å². The quantitative estimate of drug-likeness (QED) is 0.486. The molecule has 0 radical (unpaired) electrons. The number of aromatic nitrogens is 2. The van der Waals surface area contributed by atoms with Gasteiger partial charge < -0.3 is 15.5 Å². The average Bonchev–Trinajstić information content (AvgIpc) is 2.36. The highest BCUT2D eigenvalue weighted by Crippen LogP contribution is 2.28. The Kier molecular flexibility index (Phi) is 5.79. The number of anilines is 2. The Bertz CT molecular complexity index is 415. The summed E-state index contributed by atoms with van der Waals surface area (Å²) in [5, 5.41) is 3.19. The van der Waals surface area contributed by atoms with Crippen molar-refractivity contribution in [3.8, 4) is 5.75 Å². The molecule has 1 rings (SSSR count). The maximum absolute atomic E-state index is 11.0. The van der Waals surface area contributed by atoms with E-state index in [0.717, 1.165) is 6.42 Å². The standard InChI is InChI=1S/C10H19N5O2S/c1-7(4-5-18(3)16)14-9-8(17-2)10(15-11)13-6-12-9/h6-7H,4-5,11H2,1-3H3,(H2,12,13,14,15). The number of nitrogens with two attached hydrogens (primary N) is 1. The smallest absolute Gasteiger partial charge is 0.205 e. The third-order valence-electron chi connectivity index (χ3n) is 2.37. The number of nitrogens with one attached hydrogen (secondary N) is 2. The van der Waals surface area contributed by atoms with Crippen molar-refractivity contribution in [1.82, 2.24) is 9.97 Å². The van der Waals surface area contributed by atoms with Crippen molar-refractivity contribution in [2.24, 2.45) is 5.84 Å². The molecule has 0 aliphatic heterocycles. The highest BCUT2D eigenvalue weighted by molar-refractivity contribution is 7.84. The summed E-state index contributed by atoms with van der Waals surface area (Å²) in [6, 6.07) is 0.128. The second-order valence-electron chi connectivity index (χ2n) is 3.86. The van der Waals surface area contributed by atoms with Gasteiger partial charge in [0.25, 0.3) is 0 Å². The van der Waals surface area contributed by atoms with Crippen LogP contribution in [0.1, 0.15) is 13.3 Å². The minimum absolute atomic E-state index is 0.128. The number of nitrogen functional groups attached to an aromatic ring is 1. The average molecular weight is 273 g/mol. The Hall–Kier alpha value is -1.41. The molecule has 7 nitrogen and oxygen atoms in total. The summed E-state index contributed by atoms with van der Waals surface area (Å²) >= 11 is 0. The molecule has 4 N–H and O–H groups in total. The number of hydrogen-bond donors (Lipinski definition) is 3. The van der Waals surface area contributed by atoms with Crippen LogP contribution in [0.15, 0.2) is 6.33 Å². The first-order valence-electron chi connectivity index (χ1n) is 5.50. The van der Waals surface area contributed by atoms with Crippen LogP contribution in [0, 0.1) is 0 Å². The van der Waals surface area contributed by atoms with Gasteiger partial charge in [0.15, 0.2) is 11.6 Å². The number of nitrogens with zero attached hydrogens (tertiary/aromatic N) is 2. The lowest BCUT2D eigenvalue weighted by molar-refractivity contribution is 0.414. The SMILES string of the molecule is COc1c(NN)ncnc1NC(C)CCS(C)=O. The molecule has 102 valence electrons. The van der Waals surface area contributed by atoms with Crippen LogP contribution < -0.4 is 21.3 Å². The topological polar surface area (TPSA) is 102 Å². The van der Waals surface area contributed by atoms with E-state index in [9.17, 15) is 4.21 Å². The normalized spacial score (nSPS) is 13.8. The Morgan fingerprint density at radius 2 is 2.17 bits per heavy atom. The fraction of sp³-hybridized carbons (Fsp3) is 0.600. The molecule has 2 atom stereocenters. The zero-order valence-corrected chi connectivity index (χ0v) is 11.6. The summed E-state index contributed by atoms with van der Waals surface area (Å²) in [6.45, 7) is 1.99. The summed E-state index contributed by atoms with van der Waals surface area (Å²) in [5.74, 6) is 7.42. The molecule has 8 heteroatoms. The van der Waals surface area contributed by atoms with Crippen molar-refractivity contribution in [2.75, 3.05) is 29.9 Å². The molecule has 0 aliphatic carbocycles. The van der Waals surface area contributed by atoms with Crippen molar-refractivity contribution in [2.45, 2.75) is 19.4 Å². The van der Waals surface area contributed by atoms with Gasteiger partial charge in [0.2, 0.25) is 5.75 Å². The van der Waals surface area contributed by atoms with Gasteiger partial charge in [-0.3, -0.25) is 4.21 Å². The Labute approximate surface area is 109 Å². The second kappa shape index (κ2) is 7.12. The number of hydrogen-bond acceptors (Lipinski definition) is 7. The Morgan fingerprint density at radius 3 is 2.72 bits per heavy atom. The largest absolute Gasteiger partial charge is 0.490 e. The molecule has 0 spiro atoms. The van der Waals surface area contributed by atoms with Gasteiger partial charge in [0.1, 0.15) is 6.33 Å². The minimum Gasteiger partial charge on any atom is -0.490 e. The lowest BCUT2D eigenvalue weighted by Crippen LogP contribution is -2.20. The molecular weight excluding hydrogens is 254 g/mol. The molecular formula is C10H19N5O2S. The molecule has 1 aromatic rings. The van der Waals surface area contributed by atoms with Crippen LogP contribution in [-0.2, 0) is 10.8 Å². The second-order valence-corrected chi connectivity index (χ2v) is 5.41. The number of ether oxygens (including phenoxy) is 1. The summed E-state index contributed by atoms with van der Waals surface area (Å²) in [4.78, 5) is 8.06. The summed E-state index contributed by atoms with van der Waals surface area (Å²) in [7, 11) is 0.731. The van der Waals surface area contributed by atoms with Crippen LogP contribution in [0.5, 0.6) is 5.75 Å². The van der Waals surface area contributed by atoms with Gasteiger partial charge >= 0.3 is 0 Å². The van der Waals surface area contributed by atoms with Crippen molar-refractivity contribution < 1.29 is 8.95 Å². The van der Waals surface area contributed by atoms with E-state index in [4.69, 9.17) is 10.6 Å². The van der Waals surface area contributed by atoms with Crippen LogP contribution in [0.4, 0.5) is 11.6 Å². The molecule has 0 aromatic carbocycles. The van der Waals surface area contributed by atoms with Gasteiger partial charge in [-0.1, -0.05) is 0 Å². The van der Waals surface area contributed by atoms with Gasteiger partial charge in [-0.25, -0.2) is 15.8 Å². The molecule has 0 amide bonds. The molecule has 1 heterocycles. The fourth-order valence-electron chi connectivity index (χ4n) is 1.42. The Balaban J connectivity index is 2.74. The number of hydrazine groups is 1. The summed E-state index contributed by atoms with van der Waals surface area (Å²) in [6.07, 6.45) is 3.86. The van der Waals surface area contributed by atoms with E-state index >= 15 is 0 Å². The maximum atomic E-state index is 11.0. The van der Waals surface area contributed by atoms with Gasteiger partial charge in [-0.15, -0.1) is 0 Å². The highest BCUT2D eigenvalue weighted by Gasteiger charge is 2.13. The van der Waals surface area contributed by atoms with E-state index in [0.29, 0.717) is 23.1 Å². The Morgan fingerprint density at radius 1 is 1.50 bits per heavy atom. The summed E-state index contributed by atoms with van der Waals surface area (Å²) in [5.41, 5.74) is 2.45. The monoisotopic (exact) mass is 273 g/mol. The first-order valence-corrected chi connectivity index (χ1v) is 7.23. The number of methoxy groups -OCH3 is 1. The van der Waals surface area contributed by atoms with Crippen molar-refractivity contribution in [1.29, 1.82) is 0 Å². The van der Waals surface area contributed by atoms with E-state index in [2.05, 4.69) is 20.7 Å². The van der Waals surface area contributed by atoms with E-state index in [1.807, 2.05) is 6.92 Å². The molecule has 0 bridgehead atoms. The minimum atomic E-state index is -0.794. The molecule has 0 saturated heterocycles. The predicted octanol–water partition coefficient (Wildman–Crippen LogP) is 0.340. The molecule has 0 fully saturated rings. The van der Waals surface area contributed by atoms with Crippen molar-refractivity contribution >= 4 is 22.4 Å². The van der Waals surface area contributed by atoms with Crippen molar-refractivity contribution in [3.63, 3.8) is 0 Å². The molecule has 1 aromatic heterocycles. The fourth-order valence-corrected chi connectivity index (χ4v) is 2.11. The molecule has 0 aliphatic rings. The van der Waals surface area contributed by atoms with E-state index < -0.39 is 10.8 Å². The van der Waals surface area contributed by atoms with E-state index in [1.54, 1.807) is 6.26 Å². The summed E-state index contributed by atoms with van der Waals surface area (Å²) < 4.78 is 16.2. The lowest BCUT2D eigenvalue weighted by Gasteiger charge is -2.17. The van der Waals surface area contributed by atoms with Crippen LogP contribution in [0.25, 0.3) is 0 Å². The predicted molar refractivity (Wildman–Crippen MR) is 73.0 cm³/mol. The van der Waals surface area contributed by atoms with Crippen LogP contribution in [-0.4, -0.2) is 39.3 Å². The third-order valence-corrected chi connectivity index (χ3v) is 3.18. The van der Waals surface area contributed by atoms with Crippen molar-refractivity contribution in [3.05, 3.63) is 6.33 Å². The zero-order valence-electron chi connectivity index (χ0n) is 10.8. The lowest BCUT2D eigenvalue weighted by atomic mass is 10.2. The third kappa shape index (κ3) is 4.11. The first kappa shape index (κ1) is 14.7. The van der Waals surface area contributed by atoms with Gasteiger partial charge in [0.05, 0.1) is 7.11 Å². The van der Waals surface area contributed by atoms with E-state index in [1.165, 1.54) is 13.4 Å². The number of rotatable bonds is 7. The molecule has 18 heavy (non-hydrogen) atoms. The maximum Gasteiger partial charge on any atom is 0.205 e. The highest BCUT2D eigenvalue weighted by atomic mass is 32.2. The first-order chi connectivity index (χ1) is 8.58. The van der Waals surface area contributed by atoms with Gasteiger partial charge in [-0.2, -0.15) is 0 Å². The van der Waals surface area contributed by atoms with Gasteiger partial charge in [0, 0.05) is 28.9 Å². The zero-order chi connectivity index (χ0) is 13.5. The van der Waals surface area contributed by atoms with Crippen LogP contribution in [0.2, 0.25) is 0 Å². The molecule has 0 saturated carbocycles. The van der Waals surface area contributed by atoms with Crippen LogP contribution in [0.3, 0.4) is 0 Å². The molecule has 2 unspecified atom stereocenters.